The van der Waals surface area contributed by atoms with E-state index in [1.54, 1.807) is 10.6 Å². The second-order valence-corrected chi connectivity index (χ2v) is 6.53. The second kappa shape index (κ2) is 3.96. The SMILES string of the molecule is CC1(C)OB(c2ccc(=O)n(C3CC3)c2)OC1(C)C. The number of aromatic nitrogens is 1. The van der Waals surface area contributed by atoms with Crippen LogP contribution < -0.4 is 11.0 Å². The smallest absolute Gasteiger partial charge is 0.399 e. The average Bonchev–Trinajstić information content (AvgIpc) is 3.08. The molecule has 0 unspecified atom stereocenters. The van der Waals surface area contributed by atoms with E-state index in [1.807, 2.05) is 40.0 Å². The standard InChI is InChI=1S/C14H20BNO3/c1-13(2)14(3,4)19-15(18-13)10-5-8-12(17)16(9-10)11-6-7-11/h5,8-9,11H,6-7H2,1-4H3. The van der Waals surface area contributed by atoms with Crippen LogP contribution in [-0.2, 0) is 9.31 Å². The molecule has 2 fully saturated rings. The van der Waals surface area contributed by atoms with Crippen LogP contribution >= 0.6 is 0 Å². The van der Waals surface area contributed by atoms with Crippen molar-refractivity contribution in [3.05, 3.63) is 28.7 Å². The van der Waals surface area contributed by atoms with E-state index < -0.39 is 7.12 Å². The number of hydrogen-bond donors (Lipinski definition) is 0. The van der Waals surface area contributed by atoms with Crippen molar-refractivity contribution in [2.24, 2.45) is 0 Å². The van der Waals surface area contributed by atoms with Crippen molar-refractivity contribution in [1.82, 2.24) is 4.57 Å². The zero-order valence-electron chi connectivity index (χ0n) is 12.0. The average molecular weight is 261 g/mol. The van der Waals surface area contributed by atoms with Crippen molar-refractivity contribution < 1.29 is 9.31 Å². The number of rotatable bonds is 2. The Bertz CT molecular complexity index is 544. The van der Waals surface area contributed by atoms with Gasteiger partial charge in [0.2, 0.25) is 0 Å². The summed E-state index contributed by atoms with van der Waals surface area (Å²) in [5.41, 5.74) is 0.282. The number of nitrogens with zero attached hydrogens (tertiary/aromatic N) is 1. The van der Waals surface area contributed by atoms with Gasteiger partial charge in [-0.3, -0.25) is 4.79 Å². The topological polar surface area (TPSA) is 40.5 Å². The van der Waals surface area contributed by atoms with Gasteiger partial charge in [0.25, 0.3) is 5.56 Å². The van der Waals surface area contributed by atoms with Crippen LogP contribution in [0, 0.1) is 0 Å². The van der Waals surface area contributed by atoms with E-state index in [0.29, 0.717) is 6.04 Å². The van der Waals surface area contributed by atoms with Crippen molar-refractivity contribution in [3.8, 4) is 0 Å². The van der Waals surface area contributed by atoms with Gasteiger partial charge in [0.1, 0.15) is 0 Å². The fraction of sp³-hybridized carbons (Fsp3) is 0.643. The summed E-state index contributed by atoms with van der Waals surface area (Å²) in [6, 6.07) is 3.79. The summed E-state index contributed by atoms with van der Waals surface area (Å²) in [7, 11) is -0.393. The Morgan fingerprint density at radius 1 is 1.16 bits per heavy atom. The second-order valence-electron chi connectivity index (χ2n) is 6.53. The lowest BCUT2D eigenvalue weighted by molar-refractivity contribution is 0.00578. The molecule has 0 atom stereocenters. The minimum absolute atomic E-state index is 0.0581. The highest BCUT2D eigenvalue weighted by molar-refractivity contribution is 6.62. The van der Waals surface area contributed by atoms with Gasteiger partial charge in [-0.2, -0.15) is 0 Å². The minimum Gasteiger partial charge on any atom is -0.399 e. The Kier molecular flexibility index (Phi) is 2.70. The van der Waals surface area contributed by atoms with Crippen LogP contribution in [0.2, 0.25) is 0 Å². The third kappa shape index (κ3) is 2.15. The van der Waals surface area contributed by atoms with Gasteiger partial charge in [0, 0.05) is 18.3 Å². The van der Waals surface area contributed by atoms with Gasteiger partial charge in [-0.15, -0.1) is 0 Å². The van der Waals surface area contributed by atoms with Crippen LogP contribution in [0.5, 0.6) is 0 Å². The molecule has 1 saturated heterocycles. The maximum atomic E-state index is 11.8. The van der Waals surface area contributed by atoms with Crippen molar-refractivity contribution in [2.45, 2.75) is 57.8 Å². The maximum absolute atomic E-state index is 11.8. The van der Waals surface area contributed by atoms with Gasteiger partial charge >= 0.3 is 7.12 Å². The molecule has 1 aliphatic carbocycles. The van der Waals surface area contributed by atoms with Crippen molar-refractivity contribution in [2.75, 3.05) is 0 Å². The normalized spacial score (nSPS) is 24.7. The van der Waals surface area contributed by atoms with E-state index in [9.17, 15) is 4.79 Å². The van der Waals surface area contributed by atoms with E-state index in [2.05, 4.69) is 0 Å². The predicted octanol–water partition coefficient (Wildman–Crippen LogP) is 1.48. The highest BCUT2D eigenvalue weighted by atomic mass is 16.7. The van der Waals surface area contributed by atoms with Gasteiger partial charge in [-0.25, -0.2) is 0 Å². The predicted molar refractivity (Wildman–Crippen MR) is 74.7 cm³/mol. The quantitative estimate of drug-likeness (QED) is 0.757. The lowest BCUT2D eigenvalue weighted by Crippen LogP contribution is -2.41. The van der Waals surface area contributed by atoms with Gasteiger partial charge in [-0.05, 0) is 46.0 Å². The molecule has 0 bridgehead atoms. The van der Waals surface area contributed by atoms with Crippen LogP contribution in [0.1, 0.15) is 46.6 Å². The molecule has 5 heteroatoms. The molecular formula is C14H20BNO3. The highest BCUT2D eigenvalue weighted by Gasteiger charge is 2.51. The van der Waals surface area contributed by atoms with E-state index in [0.717, 1.165) is 18.3 Å². The molecule has 0 spiro atoms. The minimum atomic E-state index is -0.393. The van der Waals surface area contributed by atoms with Crippen LogP contribution in [0.4, 0.5) is 0 Å². The van der Waals surface area contributed by atoms with Crippen LogP contribution in [0.15, 0.2) is 23.1 Å². The van der Waals surface area contributed by atoms with Crippen molar-refractivity contribution in [3.63, 3.8) is 0 Å². The van der Waals surface area contributed by atoms with E-state index in [-0.39, 0.29) is 16.8 Å². The van der Waals surface area contributed by atoms with Gasteiger partial charge in [0.05, 0.1) is 11.2 Å². The van der Waals surface area contributed by atoms with Gasteiger partial charge in [0.15, 0.2) is 0 Å². The maximum Gasteiger partial charge on any atom is 0.496 e. The molecule has 2 aliphatic rings. The molecule has 3 rings (SSSR count). The third-order valence-corrected chi connectivity index (χ3v) is 4.43. The largest absolute Gasteiger partial charge is 0.496 e. The lowest BCUT2D eigenvalue weighted by atomic mass is 9.80. The van der Waals surface area contributed by atoms with E-state index in [1.165, 1.54) is 0 Å². The van der Waals surface area contributed by atoms with Crippen molar-refractivity contribution >= 4 is 12.6 Å². The fourth-order valence-electron chi connectivity index (χ4n) is 2.28. The molecule has 19 heavy (non-hydrogen) atoms. The molecule has 1 aromatic rings. The summed E-state index contributed by atoms with van der Waals surface area (Å²) in [6.07, 6.45) is 4.07. The first-order chi connectivity index (χ1) is 8.80. The first kappa shape index (κ1) is 12.9. The summed E-state index contributed by atoms with van der Waals surface area (Å²) in [6.45, 7) is 8.13. The number of pyridine rings is 1. The van der Waals surface area contributed by atoms with Crippen LogP contribution in [-0.4, -0.2) is 22.9 Å². The van der Waals surface area contributed by atoms with Crippen molar-refractivity contribution in [1.29, 1.82) is 0 Å². The Labute approximate surface area is 113 Å². The first-order valence-corrected chi connectivity index (χ1v) is 6.88. The Hall–Kier alpha value is -1.07. The summed E-state index contributed by atoms with van der Waals surface area (Å²) >= 11 is 0. The lowest BCUT2D eigenvalue weighted by Gasteiger charge is -2.32. The van der Waals surface area contributed by atoms with Gasteiger partial charge in [-0.1, -0.05) is 6.07 Å². The molecule has 2 heterocycles. The highest BCUT2D eigenvalue weighted by Crippen LogP contribution is 2.37. The van der Waals surface area contributed by atoms with E-state index in [4.69, 9.17) is 9.31 Å². The molecule has 102 valence electrons. The zero-order chi connectivity index (χ0) is 13.8. The summed E-state index contributed by atoms with van der Waals surface area (Å²) < 4.78 is 13.8. The Morgan fingerprint density at radius 2 is 1.74 bits per heavy atom. The Balaban J connectivity index is 1.92. The zero-order valence-corrected chi connectivity index (χ0v) is 12.0. The summed E-state index contributed by atoms with van der Waals surface area (Å²) in [5.74, 6) is 0. The first-order valence-electron chi connectivity index (χ1n) is 6.88. The molecule has 1 saturated carbocycles. The van der Waals surface area contributed by atoms with Crippen LogP contribution in [0.25, 0.3) is 0 Å². The summed E-state index contributed by atoms with van der Waals surface area (Å²) in [5, 5.41) is 0. The monoisotopic (exact) mass is 261 g/mol. The summed E-state index contributed by atoms with van der Waals surface area (Å²) in [4.78, 5) is 11.8. The molecule has 1 aromatic heterocycles. The molecule has 1 aliphatic heterocycles. The Morgan fingerprint density at radius 3 is 2.26 bits per heavy atom. The fourth-order valence-corrected chi connectivity index (χ4v) is 2.28. The third-order valence-electron chi connectivity index (χ3n) is 4.43. The van der Waals surface area contributed by atoms with E-state index >= 15 is 0 Å². The molecule has 0 aromatic carbocycles. The number of hydrogen-bond acceptors (Lipinski definition) is 3. The van der Waals surface area contributed by atoms with Gasteiger partial charge < -0.3 is 13.9 Å². The molecule has 0 N–H and O–H groups in total. The molecule has 4 nitrogen and oxygen atoms in total. The molecule has 0 radical (unpaired) electrons. The van der Waals surface area contributed by atoms with Crippen LogP contribution in [0.3, 0.4) is 0 Å². The molecule has 0 amide bonds. The molecular weight excluding hydrogens is 241 g/mol.